The lowest BCUT2D eigenvalue weighted by Crippen LogP contribution is -2.40. The molecule has 78 valence electrons. The summed E-state index contributed by atoms with van der Waals surface area (Å²) in [5.41, 5.74) is 0.686. The van der Waals surface area contributed by atoms with Gasteiger partial charge in [0.2, 0.25) is 6.08 Å². The fourth-order valence-corrected chi connectivity index (χ4v) is 1.90. The lowest BCUT2D eigenvalue weighted by Gasteiger charge is -2.35. The number of hydrogen-bond donors (Lipinski definition) is 0. The zero-order valence-electron chi connectivity index (χ0n) is 8.99. The Kier molecular flexibility index (Phi) is 4.05. The van der Waals surface area contributed by atoms with Crippen molar-refractivity contribution in [2.45, 2.75) is 32.7 Å². The molecule has 1 rings (SSSR count). The maximum absolute atomic E-state index is 10.1. The van der Waals surface area contributed by atoms with Crippen LogP contribution in [0.2, 0.25) is 0 Å². The van der Waals surface area contributed by atoms with Crippen molar-refractivity contribution in [2.24, 2.45) is 10.9 Å². The highest BCUT2D eigenvalue weighted by Gasteiger charge is 2.23. The van der Waals surface area contributed by atoms with Gasteiger partial charge in [-0.05, 0) is 33.2 Å². The summed E-state index contributed by atoms with van der Waals surface area (Å²) in [7, 11) is 0. The highest BCUT2D eigenvalue weighted by molar-refractivity contribution is 5.36. The maximum atomic E-state index is 10.1. The number of isocyanates is 1. The normalized spacial score (nSPS) is 23.2. The van der Waals surface area contributed by atoms with Gasteiger partial charge in [0.05, 0.1) is 5.70 Å². The highest BCUT2D eigenvalue weighted by atomic mass is 16.1. The highest BCUT2D eigenvalue weighted by Crippen LogP contribution is 2.24. The van der Waals surface area contributed by atoms with E-state index in [4.69, 9.17) is 0 Å². The topological polar surface area (TPSA) is 32.7 Å². The van der Waals surface area contributed by atoms with Crippen LogP contribution in [0.5, 0.6) is 0 Å². The van der Waals surface area contributed by atoms with E-state index in [-0.39, 0.29) is 0 Å². The van der Waals surface area contributed by atoms with Gasteiger partial charge in [-0.25, -0.2) is 4.79 Å². The van der Waals surface area contributed by atoms with E-state index in [1.165, 1.54) is 0 Å². The standard InChI is InChI=1S/C11H18N2O/c1-9(2)13-6-4-5-11(7-13)10(3)12-8-14/h9,11H,3-7H2,1-2H3. The Morgan fingerprint density at radius 3 is 2.93 bits per heavy atom. The Balaban J connectivity index is 2.55. The van der Waals surface area contributed by atoms with Crippen molar-refractivity contribution in [3.8, 4) is 0 Å². The van der Waals surface area contributed by atoms with Crippen LogP contribution in [-0.4, -0.2) is 30.1 Å². The van der Waals surface area contributed by atoms with Crippen LogP contribution >= 0.6 is 0 Å². The molecule has 0 bridgehead atoms. The minimum atomic E-state index is 0.340. The SMILES string of the molecule is C=C(N=C=O)C1CCCN(C(C)C)C1. The molecule has 1 fully saturated rings. The van der Waals surface area contributed by atoms with E-state index in [1.807, 2.05) is 0 Å². The lowest BCUT2D eigenvalue weighted by molar-refractivity contribution is 0.153. The summed E-state index contributed by atoms with van der Waals surface area (Å²) in [5, 5.41) is 0. The van der Waals surface area contributed by atoms with Gasteiger partial charge in [-0.1, -0.05) is 6.58 Å². The van der Waals surface area contributed by atoms with E-state index in [9.17, 15) is 4.79 Å². The van der Waals surface area contributed by atoms with Gasteiger partial charge in [-0.3, -0.25) is 0 Å². The number of carbonyl (C=O) groups excluding carboxylic acids is 1. The van der Waals surface area contributed by atoms with Gasteiger partial charge in [-0.2, -0.15) is 4.99 Å². The molecule has 1 heterocycles. The third-order valence-electron chi connectivity index (χ3n) is 2.84. The predicted molar refractivity (Wildman–Crippen MR) is 56.7 cm³/mol. The summed E-state index contributed by atoms with van der Waals surface area (Å²) < 4.78 is 0. The molecule has 0 N–H and O–H groups in total. The molecule has 0 radical (unpaired) electrons. The number of likely N-dealkylation sites (tertiary alicyclic amines) is 1. The maximum Gasteiger partial charge on any atom is 0.240 e. The quantitative estimate of drug-likeness (QED) is 0.508. The summed E-state index contributed by atoms with van der Waals surface area (Å²) >= 11 is 0. The zero-order chi connectivity index (χ0) is 10.6. The molecule has 1 unspecified atom stereocenters. The average Bonchev–Trinajstić information content (AvgIpc) is 2.18. The van der Waals surface area contributed by atoms with Crippen molar-refractivity contribution < 1.29 is 4.79 Å². The largest absolute Gasteiger partial charge is 0.300 e. The molecule has 0 aromatic heterocycles. The fourth-order valence-electron chi connectivity index (χ4n) is 1.90. The van der Waals surface area contributed by atoms with Crippen LogP contribution in [0.3, 0.4) is 0 Å². The number of hydrogen-bond acceptors (Lipinski definition) is 3. The summed E-state index contributed by atoms with van der Waals surface area (Å²) in [6.07, 6.45) is 3.82. The fraction of sp³-hybridized carbons (Fsp3) is 0.727. The van der Waals surface area contributed by atoms with Gasteiger partial charge in [0.15, 0.2) is 0 Å². The first-order chi connectivity index (χ1) is 6.65. The smallest absolute Gasteiger partial charge is 0.240 e. The Hall–Kier alpha value is -0.920. The first-order valence-corrected chi connectivity index (χ1v) is 5.16. The number of aliphatic imine (C=N–C) groups is 1. The molecular weight excluding hydrogens is 176 g/mol. The van der Waals surface area contributed by atoms with Crippen LogP contribution in [0.25, 0.3) is 0 Å². The van der Waals surface area contributed by atoms with Crippen LogP contribution in [0.4, 0.5) is 0 Å². The average molecular weight is 194 g/mol. The minimum absolute atomic E-state index is 0.340. The van der Waals surface area contributed by atoms with Gasteiger partial charge in [-0.15, -0.1) is 0 Å². The molecule has 1 aliphatic rings. The molecule has 0 aromatic carbocycles. The second-order valence-corrected chi connectivity index (χ2v) is 4.12. The van der Waals surface area contributed by atoms with Gasteiger partial charge < -0.3 is 4.90 Å². The van der Waals surface area contributed by atoms with Crippen molar-refractivity contribution >= 4 is 6.08 Å². The molecule has 0 saturated carbocycles. The summed E-state index contributed by atoms with van der Waals surface area (Å²) in [6.45, 7) is 10.3. The molecule has 14 heavy (non-hydrogen) atoms. The van der Waals surface area contributed by atoms with Crippen LogP contribution in [0.15, 0.2) is 17.3 Å². The lowest BCUT2D eigenvalue weighted by atomic mass is 9.95. The van der Waals surface area contributed by atoms with Crippen LogP contribution in [0.1, 0.15) is 26.7 Å². The van der Waals surface area contributed by atoms with Crippen molar-refractivity contribution in [1.82, 2.24) is 4.90 Å². The van der Waals surface area contributed by atoms with Crippen LogP contribution in [0, 0.1) is 5.92 Å². The Morgan fingerprint density at radius 2 is 2.36 bits per heavy atom. The molecule has 1 atom stereocenters. The third-order valence-corrected chi connectivity index (χ3v) is 2.84. The predicted octanol–water partition coefficient (Wildman–Crippen LogP) is 1.96. The summed E-state index contributed by atoms with van der Waals surface area (Å²) in [4.78, 5) is 16.1. The molecule has 0 amide bonds. The van der Waals surface area contributed by atoms with Crippen molar-refractivity contribution in [3.63, 3.8) is 0 Å². The van der Waals surface area contributed by atoms with Crippen LogP contribution in [-0.2, 0) is 4.79 Å². The first kappa shape index (κ1) is 11.2. The monoisotopic (exact) mass is 194 g/mol. The van der Waals surface area contributed by atoms with Crippen LogP contribution < -0.4 is 0 Å². The van der Waals surface area contributed by atoms with Crippen molar-refractivity contribution in [1.29, 1.82) is 0 Å². The number of rotatable bonds is 3. The van der Waals surface area contributed by atoms with E-state index in [1.54, 1.807) is 6.08 Å². The van der Waals surface area contributed by atoms with E-state index in [2.05, 4.69) is 30.3 Å². The van der Waals surface area contributed by atoms with Gasteiger partial charge in [0.25, 0.3) is 0 Å². The summed E-state index contributed by atoms with van der Waals surface area (Å²) in [6, 6.07) is 0.561. The molecule has 3 heteroatoms. The Labute approximate surface area is 85.5 Å². The van der Waals surface area contributed by atoms with E-state index < -0.39 is 0 Å². The Bertz CT molecular complexity index is 254. The molecule has 1 saturated heterocycles. The molecule has 1 aliphatic heterocycles. The van der Waals surface area contributed by atoms with Crippen molar-refractivity contribution in [2.75, 3.05) is 13.1 Å². The van der Waals surface area contributed by atoms with Gasteiger partial charge in [0.1, 0.15) is 0 Å². The molecule has 0 spiro atoms. The molecule has 3 nitrogen and oxygen atoms in total. The minimum Gasteiger partial charge on any atom is -0.300 e. The molecule has 0 aromatic rings. The van der Waals surface area contributed by atoms with E-state index in [0.29, 0.717) is 17.7 Å². The van der Waals surface area contributed by atoms with E-state index in [0.717, 1.165) is 25.9 Å². The third kappa shape index (κ3) is 2.79. The van der Waals surface area contributed by atoms with E-state index >= 15 is 0 Å². The van der Waals surface area contributed by atoms with Gasteiger partial charge >= 0.3 is 0 Å². The number of nitrogens with zero attached hydrogens (tertiary/aromatic N) is 2. The second-order valence-electron chi connectivity index (χ2n) is 4.12. The number of piperidine rings is 1. The van der Waals surface area contributed by atoms with Crippen molar-refractivity contribution in [3.05, 3.63) is 12.3 Å². The molecular formula is C11H18N2O. The zero-order valence-corrected chi connectivity index (χ0v) is 8.99. The van der Waals surface area contributed by atoms with Gasteiger partial charge in [0, 0.05) is 18.5 Å². The second kappa shape index (κ2) is 5.08. The Morgan fingerprint density at radius 1 is 1.64 bits per heavy atom. The molecule has 0 aliphatic carbocycles. The summed E-state index contributed by atoms with van der Waals surface area (Å²) in [5.74, 6) is 0.340. The first-order valence-electron chi connectivity index (χ1n) is 5.16.